The maximum Gasteiger partial charge on any atom is 0.434 e. The molecule has 2 aliphatic carbocycles. The maximum absolute atomic E-state index is 13.1. The van der Waals surface area contributed by atoms with E-state index in [2.05, 4.69) is 66.7 Å². The highest BCUT2D eigenvalue weighted by atomic mass is 32.1. The zero-order chi connectivity index (χ0) is 31.0. The van der Waals surface area contributed by atoms with Gasteiger partial charge in [0.05, 0.1) is 6.54 Å². The Labute approximate surface area is 270 Å². The Morgan fingerprint density at radius 2 is 1.73 bits per heavy atom. The molecule has 5 nitrogen and oxygen atoms in total. The van der Waals surface area contributed by atoms with Gasteiger partial charge < -0.3 is 9.47 Å². The number of ether oxygens (including phenoxy) is 2. The molecule has 45 heavy (non-hydrogen) atoms. The van der Waals surface area contributed by atoms with Gasteiger partial charge in [-0.25, -0.2) is 9.63 Å². The lowest BCUT2D eigenvalue weighted by atomic mass is 9.78. The molecule has 6 heteroatoms. The van der Waals surface area contributed by atoms with Crippen LogP contribution < -0.4 is 0 Å². The van der Waals surface area contributed by atoms with E-state index >= 15 is 0 Å². The van der Waals surface area contributed by atoms with E-state index in [-0.39, 0.29) is 6.54 Å². The van der Waals surface area contributed by atoms with Crippen LogP contribution in [-0.2, 0) is 40.1 Å². The molecule has 3 aliphatic rings. The molecule has 3 aromatic carbocycles. The Morgan fingerprint density at radius 3 is 2.58 bits per heavy atom. The summed E-state index contributed by atoms with van der Waals surface area (Å²) in [4.78, 5) is 21.7. The van der Waals surface area contributed by atoms with E-state index in [0.717, 1.165) is 56.1 Å². The number of benzene rings is 3. The molecule has 1 saturated heterocycles. The zero-order valence-electron chi connectivity index (χ0n) is 26.4. The van der Waals surface area contributed by atoms with Crippen LogP contribution in [0.4, 0.5) is 4.79 Å². The Balaban J connectivity index is 1.10. The lowest BCUT2D eigenvalue weighted by Gasteiger charge is -2.31. The summed E-state index contributed by atoms with van der Waals surface area (Å²) in [6, 6.07) is 26.4. The second-order valence-corrected chi connectivity index (χ2v) is 14.4. The van der Waals surface area contributed by atoms with Crippen LogP contribution in [0.5, 0.6) is 0 Å². The number of nitrogens with zero attached hydrogens (tertiary/aromatic N) is 1. The number of carbonyl (C=O) groups is 1. The van der Waals surface area contributed by atoms with E-state index in [9.17, 15) is 4.79 Å². The Kier molecular flexibility index (Phi) is 8.38. The minimum Gasteiger partial charge on any atom is -0.442 e. The van der Waals surface area contributed by atoms with Crippen molar-refractivity contribution < 1.29 is 19.1 Å². The van der Waals surface area contributed by atoms with Gasteiger partial charge in [0.1, 0.15) is 5.60 Å². The number of rotatable bonds is 6. The molecular weight excluding hydrogens is 578 g/mol. The molecule has 0 spiro atoms. The summed E-state index contributed by atoms with van der Waals surface area (Å²) in [7, 11) is 0. The fourth-order valence-corrected chi connectivity index (χ4v) is 7.75. The number of hydrogen-bond acceptors (Lipinski definition) is 5. The van der Waals surface area contributed by atoms with Crippen molar-refractivity contribution in [2.24, 2.45) is 0 Å². The third kappa shape index (κ3) is 6.64. The molecule has 1 aromatic heterocycles. The van der Waals surface area contributed by atoms with Gasteiger partial charge in [0.2, 0.25) is 0 Å². The summed E-state index contributed by atoms with van der Waals surface area (Å²) in [5.74, 6) is 0. The third-order valence-electron chi connectivity index (χ3n) is 8.83. The summed E-state index contributed by atoms with van der Waals surface area (Å²) in [5.41, 5.74) is 11.6. The first-order valence-corrected chi connectivity index (χ1v) is 17.0. The van der Waals surface area contributed by atoms with Gasteiger partial charge in [0.15, 0.2) is 6.29 Å². The van der Waals surface area contributed by atoms with Crippen molar-refractivity contribution in [1.29, 1.82) is 0 Å². The van der Waals surface area contributed by atoms with Gasteiger partial charge in [0.25, 0.3) is 0 Å². The molecule has 7 rings (SSSR count). The van der Waals surface area contributed by atoms with E-state index < -0.39 is 18.0 Å². The number of hydroxylamine groups is 2. The molecule has 0 unspecified atom stereocenters. The topological polar surface area (TPSA) is 48.0 Å². The molecule has 1 aliphatic heterocycles. The highest BCUT2D eigenvalue weighted by molar-refractivity contribution is 7.16. The van der Waals surface area contributed by atoms with Crippen LogP contribution in [0.1, 0.15) is 79.1 Å². The van der Waals surface area contributed by atoms with Crippen LogP contribution in [0.15, 0.2) is 72.8 Å². The van der Waals surface area contributed by atoms with E-state index in [1.54, 1.807) is 5.56 Å². The number of amides is 1. The van der Waals surface area contributed by atoms with Crippen LogP contribution >= 0.6 is 11.3 Å². The van der Waals surface area contributed by atoms with Crippen LogP contribution in [0.2, 0.25) is 0 Å². The number of carbonyl (C=O) groups excluding carboxylic acids is 1. The van der Waals surface area contributed by atoms with Crippen molar-refractivity contribution in [3.05, 3.63) is 105 Å². The van der Waals surface area contributed by atoms with E-state index in [1.807, 2.05) is 44.2 Å². The molecule has 0 radical (unpaired) electrons. The molecule has 0 saturated carbocycles. The molecule has 1 fully saturated rings. The van der Waals surface area contributed by atoms with Crippen molar-refractivity contribution in [3.63, 3.8) is 0 Å². The van der Waals surface area contributed by atoms with Crippen LogP contribution in [0.3, 0.4) is 0 Å². The number of aryl methyl sites for hydroxylation is 1. The van der Waals surface area contributed by atoms with Crippen LogP contribution in [0.25, 0.3) is 33.2 Å². The van der Waals surface area contributed by atoms with Gasteiger partial charge in [-0.3, -0.25) is 0 Å². The van der Waals surface area contributed by atoms with Crippen LogP contribution in [-0.4, -0.2) is 29.7 Å². The quantitative estimate of drug-likeness (QED) is 0.202. The van der Waals surface area contributed by atoms with Gasteiger partial charge in [-0.05, 0) is 128 Å². The summed E-state index contributed by atoms with van der Waals surface area (Å²) in [6.07, 6.45) is 8.64. The third-order valence-corrected chi connectivity index (χ3v) is 10.0. The van der Waals surface area contributed by atoms with E-state index in [0.29, 0.717) is 6.61 Å². The molecule has 2 heterocycles. The van der Waals surface area contributed by atoms with E-state index in [1.165, 1.54) is 48.2 Å². The number of allylic oxidation sites excluding steroid dienone is 1. The van der Waals surface area contributed by atoms with Gasteiger partial charge in [-0.15, -0.1) is 11.3 Å². The second-order valence-electron chi connectivity index (χ2n) is 13.3. The first-order chi connectivity index (χ1) is 21.8. The summed E-state index contributed by atoms with van der Waals surface area (Å²) in [5, 5.41) is 1.32. The smallest absolute Gasteiger partial charge is 0.434 e. The largest absolute Gasteiger partial charge is 0.442 e. The fourth-order valence-electron chi connectivity index (χ4n) is 6.70. The van der Waals surface area contributed by atoms with Crippen molar-refractivity contribution in [3.8, 4) is 21.6 Å². The van der Waals surface area contributed by atoms with Crippen molar-refractivity contribution >= 4 is 29.1 Å². The van der Waals surface area contributed by atoms with Gasteiger partial charge >= 0.3 is 6.09 Å². The highest BCUT2D eigenvalue weighted by Crippen LogP contribution is 2.42. The molecule has 0 N–H and O–H groups in total. The predicted molar refractivity (Wildman–Crippen MR) is 182 cm³/mol. The fraction of sp³-hybridized carbons (Fsp3) is 0.359. The average Bonchev–Trinajstić information content (AvgIpc) is 3.54. The maximum atomic E-state index is 13.1. The van der Waals surface area contributed by atoms with Gasteiger partial charge in [0, 0.05) is 22.8 Å². The predicted octanol–water partition coefficient (Wildman–Crippen LogP) is 9.86. The lowest BCUT2D eigenvalue weighted by molar-refractivity contribution is -0.278. The standard InChI is InChI=1S/C39H41NO4S/c1-39(2,3)43-38(41)40(44-37-13-6-7-22-42-37)25-26-9-8-11-29(23-26)35-20-21-36(45-35)30-16-17-32-28(24-30)15-19-33-31-12-5-4-10-27(31)14-18-34(32)33/h4-5,8-12,15,19-21,23-24,37H,6-7,13-14,16-18,22,25H2,1-3H3/t37-/m0/s1. The molecule has 1 atom stereocenters. The number of hydrogen-bond donors (Lipinski definition) is 0. The van der Waals surface area contributed by atoms with Crippen LogP contribution in [0, 0.1) is 0 Å². The first kappa shape index (κ1) is 30.0. The highest BCUT2D eigenvalue weighted by Gasteiger charge is 2.28. The summed E-state index contributed by atoms with van der Waals surface area (Å²) < 4.78 is 11.4. The van der Waals surface area contributed by atoms with Crippen molar-refractivity contribution in [2.75, 3.05) is 6.61 Å². The SMILES string of the molecule is CC(C)(C)OC(=O)N(Cc1cccc(-c2ccc(C3=Cc4ccc5c(c4CC3)CCc3ccccc3-5)s2)c1)O[C@H]1CCCCO1. The molecule has 232 valence electrons. The van der Waals surface area contributed by atoms with Gasteiger partial charge in [-0.1, -0.05) is 60.7 Å². The molecular formula is C39H41NO4S. The summed E-state index contributed by atoms with van der Waals surface area (Å²) in [6.45, 7) is 6.51. The zero-order valence-corrected chi connectivity index (χ0v) is 27.3. The summed E-state index contributed by atoms with van der Waals surface area (Å²) >= 11 is 1.83. The molecule has 1 amide bonds. The average molecular weight is 620 g/mol. The Morgan fingerprint density at radius 1 is 0.889 bits per heavy atom. The number of fused-ring (bicyclic) bond motifs is 5. The normalized spacial score (nSPS) is 17.5. The van der Waals surface area contributed by atoms with Crippen molar-refractivity contribution in [2.45, 2.75) is 84.2 Å². The first-order valence-electron chi connectivity index (χ1n) is 16.2. The van der Waals surface area contributed by atoms with E-state index in [4.69, 9.17) is 14.3 Å². The number of thiophene rings is 1. The Bertz CT molecular complexity index is 1740. The Hall–Kier alpha value is -3.71. The minimum absolute atomic E-state index is 0.275. The monoisotopic (exact) mass is 619 g/mol. The van der Waals surface area contributed by atoms with Crippen molar-refractivity contribution in [1.82, 2.24) is 5.06 Å². The lowest BCUT2D eigenvalue weighted by Crippen LogP contribution is -2.40. The van der Waals surface area contributed by atoms with Gasteiger partial charge in [-0.2, -0.15) is 5.06 Å². The second kappa shape index (κ2) is 12.6. The molecule has 4 aromatic rings. The molecule has 0 bridgehead atoms. The minimum atomic E-state index is -0.625.